The Balaban J connectivity index is 1.71. The Morgan fingerprint density at radius 3 is 2.72 bits per heavy atom. The number of pyridine rings is 2. The number of nitrogen functional groups attached to an aromatic ring is 1. The van der Waals surface area contributed by atoms with Gasteiger partial charge in [0.15, 0.2) is 0 Å². The summed E-state index contributed by atoms with van der Waals surface area (Å²) >= 11 is 0. The van der Waals surface area contributed by atoms with E-state index in [2.05, 4.69) is 15.3 Å². The first kappa shape index (κ1) is 16.6. The van der Waals surface area contributed by atoms with E-state index in [1.54, 1.807) is 36.5 Å². The minimum atomic E-state index is -0.336. The lowest BCUT2D eigenvalue weighted by Gasteiger charge is -2.08. The number of halogens is 1. The average molecular weight is 336 g/mol. The number of aromatic nitrogens is 2. The van der Waals surface area contributed by atoms with Crippen molar-refractivity contribution in [2.24, 2.45) is 0 Å². The molecule has 25 heavy (non-hydrogen) atoms. The van der Waals surface area contributed by atoms with Crippen LogP contribution in [0.4, 0.5) is 10.2 Å². The lowest BCUT2D eigenvalue weighted by Crippen LogP contribution is -2.23. The predicted octanol–water partition coefficient (Wildman–Crippen LogP) is 3.10. The molecule has 1 aromatic carbocycles. The molecule has 0 unspecified atom stereocenters. The maximum absolute atomic E-state index is 14.0. The van der Waals surface area contributed by atoms with Gasteiger partial charge in [0.2, 0.25) is 0 Å². The average Bonchev–Trinajstić information content (AvgIpc) is 2.61. The molecule has 3 N–H and O–H groups in total. The summed E-state index contributed by atoms with van der Waals surface area (Å²) in [5.41, 5.74) is 8.59. The Hall–Kier alpha value is -3.28. The summed E-state index contributed by atoms with van der Waals surface area (Å²) in [5, 5.41) is 2.76. The maximum atomic E-state index is 14.0. The number of carbonyl (C=O) groups is 1. The lowest BCUT2D eigenvalue weighted by molar-refractivity contribution is 0.0950. The number of hydrogen-bond donors (Lipinski definition) is 2. The summed E-state index contributed by atoms with van der Waals surface area (Å²) in [6, 6.07) is 11.7. The van der Waals surface area contributed by atoms with Gasteiger partial charge >= 0.3 is 0 Å². The highest BCUT2D eigenvalue weighted by Crippen LogP contribution is 2.21. The maximum Gasteiger partial charge on any atom is 0.253 e. The number of benzene rings is 1. The second kappa shape index (κ2) is 7.09. The van der Waals surface area contributed by atoms with E-state index >= 15 is 0 Å². The molecule has 0 aliphatic heterocycles. The minimum absolute atomic E-state index is 0.271. The molecule has 0 radical (unpaired) electrons. The zero-order chi connectivity index (χ0) is 17.8. The summed E-state index contributed by atoms with van der Waals surface area (Å²) in [4.78, 5) is 20.4. The zero-order valence-corrected chi connectivity index (χ0v) is 13.7. The van der Waals surface area contributed by atoms with Crippen LogP contribution in [0.5, 0.6) is 0 Å². The van der Waals surface area contributed by atoms with Gasteiger partial charge in [-0.1, -0.05) is 12.1 Å². The minimum Gasteiger partial charge on any atom is -0.383 e. The van der Waals surface area contributed by atoms with Crippen molar-refractivity contribution in [3.63, 3.8) is 0 Å². The number of nitrogens with two attached hydrogens (primary N) is 1. The third-order valence-electron chi connectivity index (χ3n) is 3.79. The molecule has 0 saturated carbocycles. The Kier molecular flexibility index (Phi) is 4.70. The number of nitrogens with one attached hydrogen (secondary N) is 1. The highest BCUT2D eigenvalue weighted by Gasteiger charge is 2.10. The van der Waals surface area contributed by atoms with Crippen LogP contribution in [0.2, 0.25) is 0 Å². The molecule has 6 heteroatoms. The van der Waals surface area contributed by atoms with E-state index in [0.717, 1.165) is 11.1 Å². The van der Waals surface area contributed by atoms with E-state index in [-0.39, 0.29) is 18.3 Å². The van der Waals surface area contributed by atoms with Crippen molar-refractivity contribution in [1.82, 2.24) is 15.3 Å². The molecule has 3 rings (SSSR count). The first-order valence-corrected chi connectivity index (χ1v) is 7.75. The van der Waals surface area contributed by atoms with Crippen LogP contribution >= 0.6 is 0 Å². The van der Waals surface area contributed by atoms with Crippen molar-refractivity contribution >= 4 is 11.7 Å². The van der Waals surface area contributed by atoms with E-state index in [4.69, 9.17) is 5.73 Å². The second-order valence-electron chi connectivity index (χ2n) is 5.65. The fraction of sp³-hybridized carbons (Fsp3) is 0.105. The van der Waals surface area contributed by atoms with Crippen LogP contribution in [0.25, 0.3) is 11.3 Å². The van der Waals surface area contributed by atoms with Gasteiger partial charge in [-0.15, -0.1) is 0 Å². The standard InChI is InChI=1S/C19H17FN4O/c1-12-4-6-15(16(20)9-12)17-7-5-14(11-23-17)19(25)24-10-13-3-2-8-22-18(13)21/h2-9,11H,10H2,1H3,(H2,21,22)(H,24,25). The predicted molar refractivity (Wildman–Crippen MR) is 94.2 cm³/mol. The first-order chi connectivity index (χ1) is 12.0. The van der Waals surface area contributed by atoms with E-state index in [1.807, 2.05) is 13.0 Å². The van der Waals surface area contributed by atoms with Gasteiger partial charge in [-0.3, -0.25) is 9.78 Å². The molecule has 0 atom stereocenters. The molecule has 0 spiro atoms. The third-order valence-corrected chi connectivity index (χ3v) is 3.79. The molecule has 1 amide bonds. The molecule has 0 aliphatic carbocycles. The van der Waals surface area contributed by atoms with Crippen LogP contribution in [-0.2, 0) is 6.54 Å². The van der Waals surface area contributed by atoms with Gasteiger partial charge in [0, 0.05) is 30.1 Å². The van der Waals surface area contributed by atoms with Crippen molar-refractivity contribution in [3.05, 3.63) is 77.4 Å². The number of amides is 1. The SMILES string of the molecule is Cc1ccc(-c2ccc(C(=O)NCc3cccnc3N)cn2)c(F)c1. The van der Waals surface area contributed by atoms with E-state index in [9.17, 15) is 9.18 Å². The monoisotopic (exact) mass is 336 g/mol. The van der Waals surface area contributed by atoms with Gasteiger partial charge in [0.1, 0.15) is 11.6 Å². The number of rotatable bonds is 4. The van der Waals surface area contributed by atoms with E-state index in [0.29, 0.717) is 22.6 Å². The summed E-state index contributed by atoms with van der Waals surface area (Å²) < 4.78 is 14.0. The number of hydrogen-bond acceptors (Lipinski definition) is 4. The number of carbonyl (C=O) groups excluding carboxylic acids is 1. The number of nitrogens with zero attached hydrogens (tertiary/aromatic N) is 2. The Morgan fingerprint density at radius 1 is 1.20 bits per heavy atom. The highest BCUT2D eigenvalue weighted by atomic mass is 19.1. The van der Waals surface area contributed by atoms with Crippen molar-refractivity contribution in [1.29, 1.82) is 0 Å². The largest absolute Gasteiger partial charge is 0.383 e. The van der Waals surface area contributed by atoms with Gasteiger partial charge < -0.3 is 11.1 Å². The zero-order valence-electron chi connectivity index (χ0n) is 13.7. The van der Waals surface area contributed by atoms with Gasteiger partial charge in [-0.2, -0.15) is 0 Å². The molecule has 0 aliphatic rings. The van der Waals surface area contributed by atoms with Crippen LogP contribution in [0.1, 0.15) is 21.5 Å². The van der Waals surface area contributed by atoms with Gasteiger partial charge in [0.25, 0.3) is 5.91 Å². The van der Waals surface area contributed by atoms with E-state index in [1.165, 1.54) is 12.3 Å². The molecule has 2 heterocycles. The normalized spacial score (nSPS) is 10.5. The van der Waals surface area contributed by atoms with Crippen molar-refractivity contribution < 1.29 is 9.18 Å². The smallest absolute Gasteiger partial charge is 0.253 e. The molecule has 3 aromatic rings. The van der Waals surface area contributed by atoms with Crippen LogP contribution in [-0.4, -0.2) is 15.9 Å². The third kappa shape index (κ3) is 3.80. The molecule has 126 valence electrons. The lowest BCUT2D eigenvalue weighted by atomic mass is 10.1. The molecule has 5 nitrogen and oxygen atoms in total. The van der Waals surface area contributed by atoms with E-state index < -0.39 is 0 Å². The fourth-order valence-corrected chi connectivity index (χ4v) is 2.39. The molecular formula is C19H17FN4O. The highest BCUT2D eigenvalue weighted by molar-refractivity contribution is 5.94. The molecule has 2 aromatic heterocycles. The Bertz CT molecular complexity index is 910. The van der Waals surface area contributed by atoms with Crippen LogP contribution in [0.15, 0.2) is 54.9 Å². The summed E-state index contributed by atoms with van der Waals surface area (Å²) in [5.74, 6) is -0.241. The van der Waals surface area contributed by atoms with Crippen molar-refractivity contribution in [3.8, 4) is 11.3 Å². The number of aryl methyl sites for hydroxylation is 1. The van der Waals surface area contributed by atoms with Gasteiger partial charge in [-0.25, -0.2) is 9.37 Å². The first-order valence-electron chi connectivity index (χ1n) is 7.75. The van der Waals surface area contributed by atoms with Crippen LogP contribution < -0.4 is 11.1 Å². The Labute approximate surface area is 144 Å². The van der Waals surface area contributed by atoms with Crippen LogP contribution in [0.3, 0.4) is 0 Å². The van der Waals surface area contributed by atoms with Crippen molar-refractivity contribution in [2.75, 3.05) is 5.73 Å². The molecule has 0 fully saturated rings. The fourth-order valence-electron chi connectivity index (χ4n) is 2.39. The molecule has 0 saturated heterocycles. The quantitative estimate of drug-likeness (QED) is 0.767. The summed E-state index contributed by atoms with van der Waals surface area (Å²) in [6.45, 7) is 2.09. The number of anilines is 1. The van der Waals surface area contributed by atoms with Gasteiger partial charge in [-0.05, 0) is 42.8 Å². The molecule has 0 bridgehead atoms. The second-order valence-corrected chi connectivity index (χ2v) is 5.65. The Morgan fingerprint density at radius 2 is 2.04 bits per heavy atom. The topological polar surface area (TPSA) is 80.9 Å². The molecular weight excluding hydrogens is 319 g/mol. The van der Waals surface area contributed by atoms with Crippen LogP contribution in [0, 0.1) is 12.7 Å². The summed E-state index contributed by atoms with van der Waals surface area (Å²) in [6.07, 6.45) is 3.02. The van der Waals surface area contributed by atoms with Crippen molar-refractivity contribution in [2.45, 2.75) is 13.5 Å². The summed E-state index contributed by atoms with van der Waals surface area (Å²) in [7, 11) is 0. The van der Waals surface area contributed by atoms with Gasteiger partial charge in [0.05, 0.1) is 11.3 Å².